The monoisotopic (exact) mass is 202 g/mol. The van der Waals surface area contributed by atoms with Gasteiger partial charge in [-0.2, -0.15) is 5.26 Å². The van der Waals surface area contributed by atoms with Gasteiger partial charge in [0.15, 0.2) is 0 Å². The van der Waals surface area contributed by atoms with E-state index in [1.807, 2.05) is 24.3 Å². The summed E-state index contributed by atoms with van der Waals surface area (Å²) in [4.78, 5) is 2.18. The van der Waals surface area contributed by atoms with Gasteiger partial charge in [0, 0.05) is 13.1 Å². The van der Waals surface area contributed by atoms with E-state index >= 15 is 0 Å². The molecule has 1 fully saturated rings. The Morgan fingerprint density at radius 1 is 1.47 bits per heavy atom. The molecular formula is C12H14N2O. The number of methoxy groups -OCH3 is 1. The third kappa shape index (κ3) is 2.11. The molecule has 15 heavy (non-hydrogen) atoms. The number of rotatable bonds is 3. The molecule has 3 nitrogen and oxygen atoms in total. The largest absolute Gasteiger partial charge is 0.497 e. The fourth-order valence-corrected chi connectivity index (χ4v) is 1.74. The second kappa shape index (κ2) is 4.33. The zero-order chi connectivity index (χ0) is 10.7. The van der Waals surface area contributed by atoms with Crippen LogP contribution in [0.4, 0.5) is 0 Å². The van der Waals surface area contributed by atoms with E-state index in [9.17, 15) is 0 Å². The van der Waals surface area contributed by atoms with Crippen LogP contribution in [-0.2, 0) is 6.54 Å². The maximum absolute atomic E-state index is 8.80. The number of benzene rings is 1. The van der Waals surface area contributed by atoms with Gasteiger partial charge in [-0.1, -0.05) is 12.1 Å². The summed E-state index contributed by atoms with van der Waals surface area (Å²) in [6.45, 7) is 1.90. The molecule has 1 aromatic rings. The van der Waals surface area contributed by atoms with Gasteiger partial charge in [0.2, 0.25) is 0 Å². The summed E-state index contributed by atoms with van der Waals surface area (Å²) in [5.41, 5.74) is 1.23. The Balaban J connectivity index is 1.96. The highest BCUT2D eigenvalue weighted by Crippen LogP contribution is 2.20. The van der Waals surface area contributed by atoms with Crippen molar-refractivity contribution in [1.82, 2.24) is 4.90 Å². The Morgan fingerprint density at radius 2 is 2.20 bits per heavy atom. The van der Waals surface area contributed by atoms with E-state index in [1.54, 1.807) is 7.11 Å². The molecular weight excluding hydrogens is 188 g/mol. The van der Waals surface area contributed by atoms with Crippen molar-refractivity contribution < 1.29 is 4.74 Å². The Bertz CT molecular complexity index is 366. The molecule has 0 unspecified atom stereocenters. The summed E-state index contributed by atoms with van der Waals surface area (Å²) in [5.74, 6) is 0.874. The van der Waals surface area contributed by atoms with Crippen LogP contribution in [0.1, 0.15) is 12.0 Å². The lowest BCUT2D eigenvalue weighted by Crippen LogP contribution is -2.45. The van der Waals surface area contributed by atoms with E-state index in [0.29, 0.717) is 0 Å². The molecule has 3 heteroatoms. The summed E-state index contributed by atoms with van der Waals surface area (Å²) in [7, 11) is 1.66. The predicted molar refractivity (Wildman–Crippen MR) is 57.4 cm³/mol. The molecule has 0 aromatic heterocycles. The number of hydrogen-bond donors (Lipinski definition) is 0. The summed E-state index contributed by atoms with van der Waals surface area (Å²) in [6, 6.07) is 10.4. The Labute approximate surface area is 89.9 Å². The van der Waals surface area contributed by atoms with Crippen LogP contribution in [0, 0.1) is 11.3 Å². The minimum absolute atomic E-state index is 0.118. The second-order valence-corrected chi connectivity index (χ2v) is 3.75. The molecule has 1 aliphatic rings. The molecule has 0 radical (unpaired) electrons. The lowest BCUT2D eigenvalue weighted by molar-refractivity contribution is 0.122. The zero-order valence-electron chi connectivity index (χ0n) is 8.81. The van der Waals surface area contributed by atoms with Gasteiger partial charge < -0.3 is 4.74 Å². The molecule has 1 aliphatic heterocycles. The smallest absolute Gasteiger partial charge is 0.118 e. The van der Waals surface area contributed by atoms with Crippen LogP contribution in [0.5, 0.6) is 5.75 Å². The van der Waals surface area contributed by atoms with Gasteiger partial charge in [0.25, 0.3) is 0 Å². The van der Waals surface area contributed by atoms with E-state index in [0.717, 1.165) is 25.3 Å². The van der Waals surface area contributed by atoms with Crippen LogP contribution in [-0.4, -0.2) is 24.6 Å². The molecule has 0 spiro atoms. The standard InChI is InChI=1S/C12H14N2O/c1-15-12-4-2-10(3-5-12)9-14-7-6-11(14)8-13/h2-5,11H,6-7,9H2,1H3/t11-/m0/s1. The van der Waals surface area contributed by atoms with Gasteiger partial charge >= 0.3 is 0 Å². The van der Waals surface area contributed by atoms with Crippen molar-refractivity contribution in [2.75, 3.05) is 13.7 Å². The van der Waals surface area contributed by atoms with Gasteiger partial charge in [-0.25, -0.2) is 0 Å². The summed E-state index contributed by atoms with van der Waals surface area (Å²) in [6.07, 6.45) is 1.01. The predicted octanol–water partition coefficient (Wildman–Crippen LogP) is 1.79. The van der Waals surface area contributed by atoms with E-state index < -0.39 is 0 Å². The van der Waals surface area contributed by atoms with Crippen molar-refractivity contribution in [3.63, 3.8) is 0 Å². The molecule has 1 heterocycles. The van der Waals surface area contributed by atoms with Crippen LogP contribution < -0.4 is 4.74 Å². The number of likely N-dealkylation sites (tertiary alicyclic amines) is 1. The average molecular weight is 202 g/mol. The fraction of sp³-hybridized carbons (Fsp3) is 0.417. The molecule has 1 atom stereocenters. The molecule has 0 amide bonds. The second-order valence-electron chi connectivity index (χ2n) is 3.75. The van der Waals surface area contributed by atoms with Crippen molar-refractivity contribution in [1.29, 1.82) is 5.26 Å². The van der Waals surface area contributed by atoms with E-state index in [-0.39, 0.29) is 6.04 Å². The maximum Gasteiger partial charge on any atom is 0.118 e. The first-order valence-corrected chi connectivity index (χ1v) is 5.10. The SMILES string of the molecule is COc1ccc(CN2CC[C@H]2C#N)cc1. The van der Waals surface area contributed by atoms with Gasteiger partial charge in [-0.15, -0.1) is 0 Å². The van der Waals surface area contributed by atoms with Gasteiger partial charge in [-0.3, -0.25) is 4.90 Å². The van der Waals surface area contributed by atoms with E-state index in [1.165, 1.54) is 5.56 Å². The maximum atomic E-state index is 8.80. The van der Waals surface area contributed by atoms with Crippen molar-refractivity contribution in [3.8, 4) is 11.8 Å². The molecule has 1 aromatic carbocycles. The highest BCUT2D eigenvalue weighted by molar-refractivity contribution is 5.27. The molecule has 0 bridgehead atoms. The van der Waals surface area contributed by atoms with Crippen LogP contribution >= 0.6 is 0 Å². The molecule has 1 saturated heterocycles. The highest BCUT2D eigenvalue weighted by Gasteiger charge is 2.27. The first-order chi connectivity index (χ1) is 7.33. The molecule has 0 saturated carbocycles. The van der Waals surface area contributed by atoms with Crippen LogP contribution in [0.15, 0.2) is 24.3 Å². The van der Waals surface area contributed by atoms with Gasteiger partial charge in [0.05, 0.1) is 19.2 Å². The first kappa shape index (κ1) is 10.0. The lowest BCUT2D eigenvalue weighted by Gasteiger charge is -2.36. The number of nitrogens with zero attached hydrogens (tertiary/aromatic N) is 2. The van der Waals surface area contributed by atoms with Crippen LogP contribution in [0.2, 0.25) is 0 Å². The Morgan fingerprint density at radius 3 is 2.67 bits per heavy atom. The summed E-state index contributed by atoms with van der Waals surface area (Å²) >= 11 is 0. The van der Waals surface area contributed by atoms with Crippen molar-refractivity contribution >= 4 is 0 Å². The Hall–Kier alpha value is -1.53. The third-order valence-electron chi connectivity index (χ3n) is 2.82. The quantitative estimate of drug-likeness (QED) is 0.749. The van der Waals surface area contributed by atoms with Crippen LogP contribution in [0.3, 0.4) is 0 Å². The van der Waals surface area contributed by atoms with Gasteiger partial charge in [0.1, 0.15) is 5.75 Å². The molecule has 0 N–H and O–H groups in total. The van der Waals surface area contributed by atoms with E-state index in [4.69, 9.17) is 10.00 Å². The highest BCUT2D eigenvalue weighted by atomic mass is 16.5. The van der Waals surface area contributed by atoms with Crippen molar-refractivity contribution in [2.45, 2.75) is 19.0 Å². The number of nitriles is 1. The average Bonchev–Trinajstić information content (AvgIpc) is 2.26. The lowest BCUT2D eigenvalue weighted by atomic mass is 10.0. The van der Waals surface area contributed by atoms with E-state index in [2.05, 4.69) is 11.0 Å². The first-order valence-electron chi connectivity index (χ1n) is 5.10. The minimum atomic E-state index is 0.118. The van der Waals surface area contributed by atoms with Crippen molar-refractivity contribution in [3.05, 3.63) is 29.8 Å². The third-order valence-corrected chi connectivity index (χ3v) is 2.82. The fourth-order valence-electron chi connectivity index (χ4n) is 1.74. The molecule has 78 valence electrons. The topological polar surface area (TPSA) is 36.3 Å². The normalized spacial score (nSPS) is 20.4. The zero-order valence-corrected chi connectivity index (χ0v) is 8.81. The van der Waals surface area contributed by atoms with Crippen LogP contribution in [0.25, 0.3) is 0 Å². The van der Waals surface area contributed by atoms with Crippen molar-refractivity contribution in [2.24, 2.45) is 0 Å². The minimum Gasteiger partial charge on any atom is -0.497 e. The number of hydrogen-bond acceptors (Lipinski definition) is 3. The summed E-state index contributed by atoms with van der Waals surface area (Å²) < 4.78 is 5.09. The molecule has 0 aliphatic carbocycles. The summed E-state index contributed by atoms with van der Waals surface area (Å²) in [5, 5.41) is 8.80. The number of ether oxygens (including phenoxy) is 1. The van der Waals surface area contributed by atoms with Gasteiger partial charge in [-0.05, 0) is 24.1 Å². The Kier molecular flexibility index (Phi) is 2.89. The molecule has 2 rings (SSSR count).